The molecule has 0 unspecified atom stereocenters. The molecule has 0 bridgehead atoms. The summed E-state index contributed by atoms with van der Waals surface area (Å²) in [6.45, 7) is 14.1. The number of amides is 1. The Morgan fingerprint density at radius 3 is 2.40 bits per heavy atom. The Labute approximate surface area is 183 Å². The minimum absolute atomic E-state index is 0.222. The van der Waals surface area contributed by atoms with Crippen LogP contribution in [0.5, 0.6) is 0 Å². The molecule has 0 saturated heterocycles. The van der Waals surface area contributed by atoms with Gasteiger partial charge in [-0.2, -0.15) is 0 Å². The molecule has 1 aromatic heterocycles. The Kier molecular flexibility index (Phi) is 7.48. The van der Waals surface area contributed by atoms with Gasteiger partial charge in [0, 0.05) is 23.3 Å². The largest absolute Gasteiger partial charge is 0.456 e. The van der Waals surface area contributed by atoms with Gasteiger partial charge in [-0.05, 0) is 84.4 Å². The van der Waals surface area contributed by atoms with E-state index < -0.39 is 11.6 Å². The van der Waals surface area contributed by atoms with Crippen molar-refractivity contribution in [3.05, 3.63) is 52.2 Å². The van der Waals surface area contributed by atoms with Gasteiger partial charge < -0.3 is 15.0 Å². The van der Waals surface area contributed by atoms with E-state index in [0.717, 1.165) is 6.54 Å². The van der Waals surface area contributed by atoms with Crippen molar-refractivity contribution in [1.29, 1.82) is 0 Å². The smallest absolute Gasteiger partial charge is 0.338 e. The van der Waals surface area contributed by atoms with Crippen LogP contribution in [0, 0.1) is 6.92 Å². The van der Waals surface area contributed by atoms with Gasteiger partial charge in [0.15, 0.2) is 0 Å². The van der Waals surface area contributed by atoms with Crippen LogP contribution in [0.3, 0.4) is 0 Å². The number of nitrogens with zero attached hydrogens (tertiary/aromatic N) is 2. The van der Waals surface area contributed by atoms with Crippen LogP contribution >= 0.6 is 11.6 Å². The van der Waals surface area contributed by atoms with Crippen LogP contribution in [-0.4, -0.2) is 35.0 Å². The van der Waals surface area contributed by atoms with Crippen LogP contribution < -0.4 is 10.2 Å². The van der Waals surface area contributed by atoms with Crippen molar-refractivity contribution < 1.29 is 14.3 Å². The topological polar surface area (TPSA) is 71.5 Å². The number of carbonyl (C=O) groups is 2. The highest BCUT2D eigenvalue weighted by atomic mass is 35.5. The number of pyridine rings is 1. The minimum atomic E-state index is -0.575. The molecule has 7 heteroatoms. The van der Waals surface area contributed by atoms with E-state index in [2.05, 4.69) is 29.0 Å². The van der Waals surface area contributed by atoms with Crippen molar-refractivity contribution in [2.45, 2.75) is 60.1 Å². The first kappa shape index (κ1) is 23.7. The molecular formula is C23H30ClN3O3. The number of hydrogen-bond acceptors (Lipinski definition) is 5. The average molecular weight is 432 g/mol. The average Bonchev–Trinajstić information content (AvgIpc) is 2.60. The van der Waals surface area contributed by atoms with E-state index in [1.165, 1.54) is 6.07 Å². The highest BCUT2D eigenvalue weighted by Crippen LogP contribution is 2.23. The van der Waals surface area contributed by atoms with E-state index >= 15 is 0 Å². The fourth-order valence-electron chi connectivity index (χ4n) is 3.04. The zero-order valence-corrected chi connectivity index (χ0v) is 19.4. The summed E-state index contributed by atoms with van der Waals surface area (Å²) in [4.78, 5) is 31.6. The molecule has 0 aliphatic rings. The third-order valence-corrected chi connectivity index (χ3v) is 4.59. The third-order valence-electron chi connectivity index (χ3n) is 4.37. The lowest BCUT2D eigenvalue weighted by molar-refractivity contribution is 0.00687. The van der Waals surface area contributed by atoms with Crippen molar-refractivity contribution >= 4 is 35.0 Å². The number of nitrogens with one attached hydrogen (secondary N) is 1. The predicted octanol–water partition coefficient (Wildman–Crippen LogP) is 5.49. The number of carbonyl (C=O) groups excluding carboxylic acids is 2. The molecular weight excluding hydrogens is 402 g/mol. The summed E-state index contributed by atoms with van der Waals surface area (Å²) in [7, 11) is 0. The van der Waals surface area contributed by atoms with E-state index in [1.54, 1.807) is 31.2 Å². The van der Waals surface area contributed by atoms with Gasteiger partial charge in [0.05, 0.1) is 5.56 Å². The molecule has 1 N–H and O–H groups in total. The minimum Gasteiger partial charge on any atom is -0.456 e. The Bertz CT molecular complexity index is 936. The SMILES string of the molecule is CCN(c1cc(Cl)cc(C(=O)Nc2ccc(C(=O)OC(C)(C)C)c(C)c2)n1)C(C)C. The fourth-order valence-corrected chi connectivity index (χ4v) is 3.24. The summed E-state index contributed by atoms with van der Waals surface area (Å²) in [5.41, 5.74) is 1.38. The monoisotopic (exact) mass is 431 g/mol. The first-order valence-electron chi connectivity index (χ1n) is 10.0. The summed E-state index contributed by atoms with van der Waals surface area (Å²) >= 11 is 6.24. The van der Waals surface area contributed by atoms with Gasteiger partial charge in [-0.3, -0.25) is 4.79 Å². The second kappa shape index (κ2) is 9.47. The summed E-state index contributed by atoms with van der Waals surface area (Å²) in [5.74, 6) is -0.114. The van der Waals surface area contributed by atoms with E-state index in [9.17, 15) is 9.59 Å². The van der Waals surface area contributed by atoms with Crippen LogP contribution in [-0.2, 0) is 4.74 Å². The normalized spacial score (nSPS) is 11.4. The van der Waals surface area contributed by atoms with Crippen molar-refractivity contribution in [3.63, 3.8) is 0 Å². The highest BCUT2D eigenvalue weighted by molar-refractivity contribution is 6.31. The number of ether oxygens (including phenoxy) is 1. The number of halogens is 1. The first-order valence-corrected chi connectivity index (χ1v) is 10.4. The van der Waals surface area contributed by atoms with Gasteiger partial charge in [0.25, 0.3) is 5.91 Å². The Balaban J connectivity index is 2.23. The van der Waals surface area contributed by atoms with Crippen LogP contribution in [0.4, 0.5) is 11.5 Å². The molecule has 1 aromatic carbocycles. The highest BCUT2D eigenvalue weighted by Gasteiger charge is 2.20. The van der Waals surface area contributed by atoms with Gasteiger partial charge >= 0.3 is 5.97 Å². The Morgan fingerprint density at radius 2 is 1.87 bits per heavy atom. The molecule has 0 saturated carbocycles. The van der Waals surface area contributed by atoms with E-state index in [0.29, 0.717) is 27.7 Å². The molecule has 1 amide bonds. The van der Waals surface area contributed by atoms with Gasteiger partial charge in [-0.25, -0.2) is 9.78 Å². The number of anilines is 2. The standard InChI is InChI=1S/C23H30ClN3O3/c1-8-27(14(2)3)20-13-16(24)12-19(26-20)21(28)25-17-9-10-18(15(4)11-17)22(29)30-23(5,6)7/h9-14H,8H2,1-7H3,(H,25,28). The molecule has 0 fully saturated rings. The van der Waals surface area contributed by atoms with E-state index in [-0.39, 0.29) is 17.6 Å². The lowest BCUT2D eigenvalue weighted by atomic mass is 10.1. The number of esters is 1. The Hall–Kier alpha value is -2.60. The first-order chi connectivity index (χ1) is 13.9. The van der Waals surface area contributed by atoms with Gasteiger partial charge in [-0.15, -0.1) is 0 Å². The second-order valence-electron chi connectivity index (χ2n) is 8.39. The molecule has 30 heavy (non-hydrogen) atoms. The van der Waals surface area contributed by atoms with E-state index in [1.807, 2.05) is 27.7 Å². The molecule has 6 nitrogen and oxygen atoms in total. The third kappa shape index (κ3) is 6.20. The number of aromatic nitrogens is 1. The van der Waals surface area contributed by atoms with Gasteiger partial charge in [0.1, 0.15) is 17.1 Å². The maximum atomic E-state index is 12.8. The van der Waals surface area contributed by atoms with Crippen molar-refractivity contribution in [2.24, 2.45) is 0 Å². The van der Waals surface area contributed by atoms with E-state index in [4.69, 9.17) is 16.3 Å². The number of aryl methyl sites for hydroxylation is 1. The zero-order valence-electron chi connectivity index (χ0n) is 18.7. The second-order valence-corrected chi connectivity index (χ2v) is 8.83. The van der Waals surface area contributed by atoms with Crippen LogP contribution in [0.25, 0.3) is 0 Å². The summed E-state index contributed by atoms with van der Waals surface area (Å²) < 4.78 is 5.42. The number of benzene rings is 1. The molecule has 1 heterocycles. The molecule has 0 aliphatic carbocycles. The van der Waals surface area contributed by atoms with Crippen LogP contribution in [0.15, 0.2) is 30.3 Å². The maximum absolute atomic E-state index is 12.8. The molecule has 0 aliphatic heterocycles. The quantitative estimate of drug-likeness (QED) is 0.612. The molecule has 0 spiro atoms. The van der Waals surface area contributed by atoms with Crippen molar-refractivity contribution in [1.82, 2.24) is 4.98 Å². The van der Waals surface area contributed by atoms with Crippen LogP contribution in [0.1, 0.15) is 68.0 Å². The molecule has 2 rings (SSSR count). The maximum Gasteiger partial charge on any atom is 0.338 e. The Morgan fingerprint density at radius 1 is 1.20 bits per heavy atom. The van der Waals surface area contributed by atoms with Gasteiger partial charge in [-0.1, -0.05) is 11.6 Å². The van der Waals surface area contributed by atoms with Crippen molar-refractivity contribution in [3.8, 4) is 0 Å². The summed E-state index contributed by atoms with van der Waals surface area (Å²) in [6.07, 6.45) is 0. The lowest BCUT2D eigenvalue weighted by Crippen LogP contribution is -2.31. The molecule has 2 aromatic rings. The molecule has 0 atom stereocenters. The van der Waals surface area contributed by atoms with Crippen LogP contribution in [0.2, 0.25) is 5.02 Å². The van der Waals surface area contributed by atoms with Crippen molar-refractivity contribution in [2.75, 3.05) is 16.8 Å². The number of hydrogen-bond donors (Lipinski definition) is 1. The zero-order chi connectivity index (χ0) is 22.6. The fraction of sp³-hybridized carbons (Fsp3) is 0.435. The number of rotatable bonds is 6. The predicted molar refractivity (Wildman–Crippen MR) is 122 cm³/mol. The molecule has 162 valence electrons. The van der Waals surface area contributed by atoms with Gasteiger partial charge in [0.2, 0.25) is 0 Å². The summed E-state index contributed by atoms with van der Waals surface area (Å²) in [6, 6.07) is 8.56. The molecule has 0 radical (unpaired) electrons. The lowest BCUT2D eigenvalue weighted by Gasteiger charge is -2.26. The summed E-state index contributed by atoms with van der Waals surface area (Å²) in [5, 5.41) is 3.27.